The molecule has 2 heterocycles. The Morgan fingerprint density at radius 1 is 0.875 bits per heavy atom. The normalized spacial score (nSPS) is 10.9. The van der Waals surface area contributed by atoms with E-state index < -0.39 is 17.2 Å². The fourth-order valence-corrected chi connectivity index (χ4v) is 3.73. The van der Waals surface area contributed by atoms with E-state index in [1.165, 1.54) is 17.7 Å². The first-order chi connectivity index (χ1) is 15.4. The van der Waals surface area contributed by atoms with Gasteiger partial charge in [0.15, 0.2) is 5.78 Å². The minimum atomic E-state index is -0.504. The molecule has 0 fully saturated rings. The van der Waals surface area contributed by atoms with E-state index in [0.29, 0.717) is 11.2 Å². The molecule has 4 rings (SSSR count). The number of hydrogen-bond donors (Lipinski definition) is 1. The first-order valence-electron chi connectivity index (χ1n) is 10.1. The van der Waals surface area contributed by atoms with Gasteiger partial charge in [-0.15, -0.1) is 0 Å². The number of ketones is 1. The van der Waals surface area contributed by atoms with Gasteiger partial charge in [0.05, 0.1) is 11.9 Å². The van der Waals surface area contributed by atoms with E-state index in [1.807, 2.05) is 36.4 Å². The maximum Gasteiger partial charge on any atom is 0.332 e. The number of aryl methyl sites for hydroxylation is 1. The van der Waals surface area contributed by atoms with Gasteiger partial charge in [-0.2, -0.15) is 0 Å². The Kier molecular flexibility index (Phi) is 5.59. The molecule has 2 aromatic heterocycles. The lowest BCUT2D eigenvalue weighted by Crippen LogP contribution is -2.37. The maximum atomic E-state index is 13.1. The summed E-state index contributed by atoms with van der Waals surface area (Å²) in [6.07, 6.45) is 0. The Labute approximate surface area is 183 Å². The summed E-state index contributed by atoms with van der Waals surface area (Å²) >= 11 is 0. The van der Waals surface area contributed by atoms with Gasteiger partial charge in [0.1, 0.15) is 11.3 Å². The molecule has 1 N–H and O–H groups in total. The highest BCUT2D eigenvalue weighted by atomic mass is 16.2. The molecule has 0 atom stereocenters. The summed E-state index contributed by atoms with van der Waals surface area (Å²) in [6.45, 7) is 0.0901. The van der Waals surface area contributed by atoms with Crippen LogP contribution in [-0.4, -0.2) is 31.9 Å². The van der Waals surface area contributed by atoms with Gasteiger partial charge < -0.3 is 9.88 Å². The zero-order valence-electron chi connectivity index (χ0n) is 17.7. The predicted molar refractivity (Wildman–Crippen MR) is 121 cm³/mol. The Bertz CT molecular complexity index is 1430. The number of rotatable bonds is 6. The van der Waals surface area contributed by atoms with Crippen molar-refractivity contribution in [3.05, 3.63) is 104 Å². The van der Waals surface area contributed by atoms with Gasteiger partial charge in [-0.05, 0) is 11.6 Å². The van der Waals surface area contributed by atoms with E-state index in [4.69, 9.17) is 0 Å². The summed E-state index contributed by atoms with van der Waals surface area (Å²) in [4.78, 5) is 50.7. The molecule has 0 saturated heterocycles. The maximum absolute atomic E-state index is 13.1. The van der Waals surface area contributed by atoms with E-state index >= 15 is 0 Å². The second-order valence-electron chi connectivity index (χ2n) is 7.52. The van der Waals surface area contributed by atoms with Gasteiger partial charge in [-0.25, -0.2) is 4.79 Å². The van der Waals surface area contributed by atoms with Crippen LogP contribution < -0.4 is 16.6 Å². The predicted octanol–water partition coefficient (Wildman–Crippen LogP) is 1.70. The van der Waals surface area contributed by atoms with Crippen molar-refractivity contribution in [2.45, 2.75) is 6.54 Å². The third kappa shape index (κ3) is 3.78. The van der Waals surface area contributed by atoms with Crippen molar-refractivity contribution in [3.63, 3.8) is 0 Å². The number of carbonyl (C=O) groups excluding carboxylic acids is 2. The number of nitrogens with zero attached hydrogens (tertiary/aromatic N) is 3. The number of amides is 1. The minimum absolute atomic E-state index is 0.188. The van der Waals surface area contributed by atoms with Crippen LogP contribution in [0.3, 0.4) is 0 Å². The lowest BCUT2D eigenvalue weighted by Gasteiger charge is -2.13. The van der Waals surface area contributed by atoms with Gasteiger partial charge >= 0.3 is 5.69 Å². The molecule has 0 spiro atoms. The molecule has 2 aromatic carbocycles. The van der Waals surface area contributed by atoms with Crippen molar-refractivity contribution < 1.29 is 9.59 Å². The number of carbonyl (C=O) groups is 2. The van der Waals surface area contributed by atoms with Crippen LogP contribution >= 0.6 is 0 Å². The van der Waals surface area contributed by atoms with Crippen molar-refractivity contribution in [3.8, 4) is 0 Å². The third-order valence-electron chi connectivity index (χ3n) is 5.42. The van der Waals surface area contributed by atoms with Gasteiger partial charge in [0, 0.05) is 26.2 Å². The van der Waals surface area contributed by atoms with Crippen LogP contribution in [-0.2, 0) is 20.6 Å². The lowest BCUT2D eigenvalue weighted by molar-refractivity contribution is 0.0898. The molecule has 1 amide bonds. The summed E-state index contributed by atoms with van der Waals surface area (Å²) in [5, 5.41) is 2.90. The van der Waals surface area contributed by atoms with Crippen LogP contribution in [0.1, 0.15) is 26.4 Å². The van der Waals surface area contributed by atoms with Crippen LogP contribution in [0, 0.1) is 0 Å². The molecule has 162 valence electrons. The number of benzene rings is 2. The Morgan fingerprint density at radius 2 is 1.50 bits per heavy atom. The fraction of sp³-hybridized carbons (Fsp3) is 0.167. The topological polar surface area (TPSA) is 95.1 Å². The van der Waals surface area contributed by atoms with Crippen LogP contribution in [0.5, 0.6) is 0 Å². The Hall–Kier alpha value is -4.20. The quantitative estimate of drug-likeness (QED) is 0.471. The smallest absolute Gasteiger partial charge is 0.332 e. The van der Waals surface area contributed by atoms with Crippen LogP contribution in [0.15, 0.2) is 76.3 Å². The number of Topliss-reactive ketones (excluding diaryl/α,β-unsaturated/α-hetero) is 1. The molecular weight excluding hydrogens is 408 g/mol. The van der Waals surface area contributed by atoms with Crippen molar-refractivity contribution in [2.24, 2.45) is 14.1 Å². The van der Waals surface area contributed by atoms with Crippen molar-refractivity contribution >= 4 is 22.7 Å². The van der Waals surface area contributed by atoms with E-state index in [0.717, 1.165) is 10.1 Å². The largest absolute Gasteiger partial charge is 0.343 e. The van der Waals surface area contributed by atoms with Crippen molar-refractivity contribution in [1.82, 2.24) is 19.0 Å². The first kappa shape index (κ1) is 21.0. The molecule has 0 aliphatic heterocycles. The van der Waals surface area contributed by atoms with E-state index in [9.17, 15) is 19.2 Å². The highest BCUT2D eigenvalue weighted by Gasteiger charge is 2.22. The monoisotopic (exact) mass is 430 g/mol. The van der Waals surface area contributed by atoms with Gasteiger partial charge in [-0.3, -0.25) is 23.5 Å². The molecule has 0 aliphatic carbocycles. The molecule has 32 heavy (non-hydrogen) atoms. The molecule has 0 bridgehead atoms. The number of nitrogens with one attached hydrogen (secondary N) is 1. The van der Waals surface area contributed by atoms with Crippen molar-refractivity contribution in [2.75, 3.05) is 6.54 Å². The van der Waals surface area contributed by atoms with Crippen LogP contribution in [0.4, 0.5) is 0 Å². The molecule has 0 aliphatic rings. The Balaban J connectivity index is 1.76. The fourth-order valence-electron chi connectivity index (χ4n) is 3.73. The molecule has 4 aromatic rings. The highest BCUT2D eigenvalue weighted by Crippen LogP contribution is 2.18. The molecule has 0 saturated carbocycles. The number of hydrogen-bond acceptors (Lipinski definition) is 4. The van der Waals surface area contributed by atoms with Gasteiger partial charge in [0.2, 0.25) is 0 Å². The summed E-state index contributed by atoms with van der Waals surface area (Å²) in [7, 11) is 2.96. The molecule has 0 radical (unpaired) electrons. The zero-order chi connectivity index (χ0) is 22.8. The molecule has 8 heteroatoms. The third-order valence-corrected chi connectivity index (χ3v) is 5.42. The molecule has 0 unspecified atom stereocenters. The van der Waals surface area contributed by atoms with Crippen molar-refractivity contribution in [1.29, 1.82) is 0 Å². The molecule has 8 nitrogen and oxygen atoms in total. The summed E-state index contributed by atoms with van der Waals surface area (Å²) < 4.78 is 4.00. The number of fused-ring (bicyclic) bond motifs is 1. The summed E-state index contributed by atoms with van der Waals surface area (Å²) in [5.41, 5.74) is 0.969. The van der Waals surface area contributed by atoms with Gasteiger partial charge in [-0.1, -0.05) is 60.7 Å². The highest BCUT2D eigenvalue weighted by molar-refractivity contribution is 6.03. The van der Waals surface area contributed by atoms with Crippen LogP contribution in [0.25, 0.3) is 11.0 Å². The standard InChI is InChI=1S/C24H22N4O4/c1-26-22-18(23(31)27(2)24(26)32)13-19(28(22)15-16-9-5-3-6-10-16)21(30)25-14-20(29)17-11-7-4-8-12-17/h3-13H,14-15H2,1-2H3,(H,25,30). The Morgan fingerprint density at radius 3 is 2.16 bits per heavy atom. The average molecular weight is 430 g/mol. The average Bonchev–Trinajstić information content (AvgIpc) is 3.20. The van der Waals surface area contributed by atoms with E-state index in [2.05, 4.69) is 5.32 Å². The second kappa shape index (κ2) is 8.50. The molecular formula is C24H22N4O4. The number of aromatic nitrogens is 3. The summed E-state index contributed by atoms with van der Waals surface area (Å²) in [5.74, 6) is -0.733. The van der Waals surface area contributed by atoms with Gasteiger partial charge in [0.25, 0.3) is 11.5 Å². The first-order valence-corrected chi connectivity index (χ1v) is 10.1. The SMILES string of the molecule is Cn1c(=O)c2cc(C(=O)NCC(=O)c3ccccc3)n(Cc3ccccc3)c2n(C)c1=O. The minimum Gasteiger partial charge on any atom is -0.343 e. The summed E-state index contributed by atoms with van der Waals surface area (Å²) in [6, 6.07) is 19.6. The van der Waals surface area contributed by atoms with E-state index in [1.54, 1.807) is 35.9 Å². The van der Waals surface area contributed by atoms with Crippen LogP contribution in [0.2, 0.25) is 0 Å². The van der Waals surface area contributed by atoms with E-state index in [-0.39, 0.29) is 30.0 Å². The second-order valence-corrected chi connectivity index (χ2v) is 7.52. The lowest BCUT2D eigenvalue weighted by atomic mass is 10.1. The zero-order valence-corrected chi connectivity index (χ0v) is 17.7.